The van der Waals surface area contributed by atoms with Crippen molar-refractivity contribution in [1.29, 1.82) is 0 Å². The fourth-order valence-corrected chi connectivity index (χ4v) is 2.25. The van der Waals surface area contributed by atoms with E-state index in [1.54, 1.807) is 0 Å². The van der Waals surface area contributed by atoms with Crippen LogP contribution in [0.1, 0.15) is 0 Å². The van der Waals surface area contributed by atoms with Crippen molar-refractivity contribution in [2.45, 2.75) is 6.10 Å². The van der Waals surface area contributed by atoms with Crippen molar-refractivity contribution in [3.63, 3.8) is 0 Å². The van der Waals surface area contributed by atoms with E-state index in [1.807, 2.05) is 18.2 Å². The molecule has 5 heteroatoms. The third kappa shape index (κ3) is 3.96. The Bertz CT molecular complexity index is 287. The quantitative estimate of drug-likeness (QED) is 0.793. The number of rotatable bonds is 4. The summed E-state index contributed by atoms with van der Waals surface area (Å²) in [5.74, 6) is 0. The largest absolute Gasteiger partial charge is 0.394 e. The maximum absolute atomic E-state index is 9.12. The highest BCUT2D eigenvalue weighted by Crippen LogP contribution is 2.23. The van der Waals surface area contributed by atoms with Crippen molar-refractivity contribution in [2.75, 3.05) is 18.5 Å². The highest BCUT2D eigenvalue weighted by molar-refractivity contribution is 9.11. The SMILES string of the molecule is OCC(O)CNc1cc(Br)cc(Br)c1. The van der Waals surface area contributed by atoms with Crippen LogP contribution in [0.5, 0.6) is 0 Å². The molecule has 0 amide bonds. The van der Waals surface area contributed by atoms with Crippen LogP contribution in [0, 0.1) is 0 Å². The second kappa shape index (κ2) is 5.70. The summed E-state index contributed by atoms with van der Waals surface area (Å²) < 4.78 is 1.90. The van der Waals surface area contributed by atoms with Crippen molar-refractivity contribution < 1.29 is 10.2 Å². The van der Waals surface area contributed by atoms with E-state index in [-0.39, 0.29) is 6.61 Å². The maximum Gasteiger partial charge on any atom is 0.0942 e. The van der Waals surface area contributed by atoms with Gasteiger partial charge in [0.2, 0.25) is 0 Å². The van der Waals surface area contributed by atoms with Crippen LogP contribution in [-0.4, -0.2) is 29.5 Å². The second-order valence-electron chi connectivity index (χ2n) is 2.88. The first kappa shape index (κ1) is 12.0. The Kier molecular flexibility index (Phi) is 4.88. The molecule has 0 radical (unpaired) electrons. The maximum atomic E-state index is 9.12. The smallest absolute Gasteiger partial charge is 0.0942 e. The lowest BCUT2D eigenvalue weighted by Crippen LogP contribution is -2.22. The van der Waals surface area contributed by atoms with Gasteiger partial charge in [0, 0.05) is 21.2 Å². The molecule has 1 atom stereocenters. The molecule has 1 aromatic rings. The number of nitrogens with one attached hydrogen (secondary N) is 1. The Hall–Kier alpha value is -0.100. The number of aliphatic hydroxyl groups is 2. The summed E-state index contributed by atoms with van der Waals surface area (Å²) in [5.41, 5.74) is 0.888. The van der Waals surface area contributed by atoms with E-state index >= 15 is 0 Å². The van der Waals surface area contributed by atoms with Crippen LogP contribution in [0.15, 0.2) is 27.1 Å². The van der Waals surface area contributed by atoms with Gasteiger partial charge >= 0.3 is 0 Å². The first-order valence-corrected chi connectivity index (χ1v) is 5.69. The van der Waals surface area contributed by atoms with Gasteiger partial charge in [-0.3, -0.25) is 0 Å². The zero-order chi connectivity index (χ0) is 10.6. The molecule has 78 valence electrons. The van der Waals surface area contributed by atoms with E-state index in [0.29, 0.717) is 6.54 Å². The van der Waals surface area contributed by atoms with Gasteiger partial charge in [0.25, 0.3) is 0 Å². The summed E-state index contributed by atoms with van der Waals surface area (Å²) in [6, 6.07) is 5.72. The van der Waals surface area contributed by atoms with Crippen molar-refractivity contribution in [3.8, 4) is 0 Å². The monoisotopic (exact) mass is 323 g/mol. The Morgan fingerprint density at radius 3 is 2.29 bits per heavy atom. The molecule has 0 fully saturated rings. The van der Waals surface area contributed by atoms with E-state index in [9.17, 15) is 0 Å². The molecule has 0 spiro atoms. The van der Waals surface area contributed by atoms with Gasteiger partial charge in [0.1, 0.15) is 0 Å². The van der Waals surface area contributed by atoms with Gasteiger partial charge in [-0.05, 0) is 18.2 Å². The predicted molar refractivity (Wildman–Crippen MR) is 63.4 cm³/mol. The minimum Gasteiger partial charge on any atom is -0.394 e. The fourth-order valence-electron chi connectivity index (χ4n) is 0.956. The molecule has 0 aliphatic rings. The van der Waals surface area contributed by atoms with Crippen LogP contribution in [0.3, 0.4) is 0 Å². The van der Waals surface area contributed by atoms with Gasteiger partial charge in [-0.2, -0.15) is 0 Å². The topological polar surface area (TPSA) is 52.5 Å². The fraction of sp³-hybridized carbons (Fsp3) is 0.333. The molecule has 1 rings (SSSR count). The molecule has 0 aliphatic carbocycles. The molecule has 3 N–H and O–H groups in total. The van der Waals surface area contributed by atoms with Gasteiger partial charge in [-0.1, -0.05) is 31.9 Å². The van der Waals surface area contributed by atoms with Crippen LogP contribution in [0.25, 0.3) is 0 Å². The van der Waals surface area contributed by atoms with Crippen molar-refractivity contribution in [3.05, 3.63) is 27.1 Å². The van der Waals surface area contributed by atoms with Gasteiger partial charge in [0.15, 0.2) is 0 Å². The molecule has 0 heterocycles. The zero-order valence-corrected chi connectivity index (χ0v) is 10.5. The number of halogens is 2. The number of anilines is 1. The van der Waals surface area contributed by atoms with Crippen molar-refractivity contribution in [2.24, 2.45) is 0 Å². The van der Waals surface area contributed by atoms with Crippen LogP contribution in [-0.2, 0) is 0 Å². The van der Waals surface area contributed by atoms with Crippen LogP contribution >= 0.6 is 31.9 Å². The Morgan fingerprint density at radius 2 is 1.79 bits per heavy atom. The van der Waals surface area contributed by atoms with Crippen LogP contribution in [0.4, 0.5) is 5.69 Å². The molecule has 14 heavy (non-hydrogen) atoms. The van der Waals surface area contributed by atoms with Gasteiger partial charge in [-0.15, -0.1) is 0 Å². The lowest BCUT2D eigenvalue weighted by Gasteiger charge is -2.10. The average molecular weight is 325 g/mol. The summed E-state index contributed by atoms with van der Waals surface area (Å²) in [7, 11) is 0. The zero-order valence-electron chi connectivity index (χ0n) is 7.37. The van der Waals surface area contributed by atoms with E-state index in [0.717, 1.165) is 14.6 Å². The van der Waals surface area contributed by atoms with E-state index in [1.165, 1.54) is 0 Å². The molecular weight excluding hydrogens is 314 g/mol. The molecule has 0 aliphatic heterocycles. The molecule has 1 aromatic carbocycles. The summed E-state index contributed by atoms with van der Waals surface area (Å²) >= 11 is 6.71. The van der Waals surface area contributed by atoms with E-state index < -0.39 is 6.10 Å². The van der Waals surface area contributed by atoms with Crippen molar-refractivity contribution in [1.82, 2.24) is 0 Å². The molecule has 3 nitrogen and oxygen atoms in total. The van der Waals surface area contributed by atoms with E-state index in [2.05, 4.69) is 37.2 Å². The first-order chi connectivity index (χ1) is 6.61. The van der Waals surface area contributed by atoms with Crippen LogP contribution < -0.4 is 5.32 Å². The number of aliphatic hydroxyl groups excluding tert-OH is 2. The van der Waals surface area contributed by atoms with Gasteiger partial charge < -0.3 is 15.5 Å². The summed E-state index contributed by atoms with van der Waals surface area (Å²) in [5, 5.41) is 20.7. The Morgan fingerprint density at radius 1 is 1.21 bits per heavy atom. The van der Waals surface area contributed by atoms with E-state index in [4.69, 9.17) is 10.2 Å². The highest BCUT2D eigenvalue weighted by atomic mass is 79.9. The average Bonchev–Trinajstić information content (AvgIpc) is 2.12. The summed E-state index contributed by atoms with van der Waals surface area (Å²) in [6.07, 6.45) is -0.729. The van der Waals surface area contributed by atoms with Gasteiger partial charge in [0.05, 0.1) is 12.7 Å². The molecular formula is C9H11Br2NO2. The first-order valence-electron chi connectivity index (χ1n) is 4.10. The Balaban J connectivity index is 2.58. The second-order valence-corrected chi connectivity index (χ2v) is 4.71. The molecule has 0 aromatic heterocycles. The highest BCUT2D eigenvalue weighted by Gasteiger charge is 2.02. The Labute approximate surface area is 99.4 Å². The van der Waals surface area contributed by atoms with Crippen molar-refractivity contribution >= 4 is 37.5 Å². The lowest BCUT2D eigenvalue weighted by atomic mass is 10.3. The number of hydrogen-bond donors (Lipinski definition) is 3. The van der Waals surface area contributed by atoms with Crippen LogP contribution in [0.2, 0.25) is 0 Å². The normalized spacial score (nSPS) is 12.6. The molecule has 0 saturated carbocycles. The summed E-state index contributed by atoms with van der Waals surface area (Å²) in [4.78, 5) is 0. The molecule has 0 bridgehead atoms. The standard InChI is InChI=1S/C9H11Br2NO2/c10-6-1-7(11)3-8(2-6)12-4-9(14)5-13/h1-3,9,12-14H,4-5H2. The number of hydrogen-bond acceptors (Lipinski definition) is 3. The molecule has 1 unspecified atom stereocenters. The summed E-state index contributed by atoms with van der Waals surface area (Å²) in [6.45, 7) is 0.0988. The van der Waals surface area contributed by atoms with Gasteiger partial charge in [-0.25, -0.2) is 0 Å². The molecule has 0 saturated heterocycles. The lowest BCUT2D eigenvalue weighted by molar-refractivity contribution is 0.105. The minimum atomic E-state index is -0.729. The number of benzene rings is 1. The minimum absolute atomic E-state index is 0.234. The predicted octanol–water partition coefficient (Wildman–Crippen LogP) is 1.98. The third-order valence-electron chi connectivity index (χ3n) is 1.62. The third-order valence-corrected chi connectivity index (χ3v) is 2.53.